The van der Waals surface area contributed by atoms with Crippen molar-refractivity contribution in [2.45, 2.75) is 12.5 Å². The summed E-state index contributed by atoms with van der Waals surface area (Å²) in [6, 6.07) is 3.86. The zero-order valence-corrected chi connectivity index (χ0v) is 16.8. The van der Waals surface area contributed by atoms with Gasteiger partial charge >= 0.3 is 0 Å². The van der Waals surface area contributed by atoms with Crippen molar-refractivity contribution in [3.63, 3.8) is 0 Å². The van der Waals surface area contributed by atoms with Gasteiger partial charge in [-0.25, -0.2) is 15.0 Å². The molecule has 0 spiro atoms. The van der Waals surface area contributed by atoms with Crippen molar-refractivity contribution in [1.29, 1.82) is 0 Å². The summed E-state index contributed by atoms with van der Waals surface area (Å²) in [7, 11) is 1.77. The second-order valence-corrected chi connectivity index (χ2v) is 8.23. The molecule has 0 amide bonds. The highest BCUT2D eigenvalue weighted by molar-refractivity contribution is 6.29. The van der Waals surface area contributed by atoms with Gasteiger partial charge in [0.15, 0.2) is 17.0 Å². The molecule has 5 heterocycles. The van der Waals surface area contributed by atoms with Crippen molar-refractivity contribution in [3.05, 3.63) is 58.2 Å². The summed E-state index contributed by atoms with van der Waals surface area (Å²) in [5, 5.41) is 4.68. The molecule has 152 valence electrons. The van der Waals surface area contributed by atoms with Crippen LogP contribution in [0.1, 0.15) is 17.6 Å². The SMILES string of the molecule is Cn1cnc2ncn(Cc3nc([C@@H]4[C@@H]5CN(c6ccnc(Cl)c6)C[C@@H]54)no3)c(=O)c21. The first-order valence-corrected chi connectivity index (χ1v) is 10.0. The van der Waals surface area contributed by atoms with E-state index in [0.29, 0.717) is 40.0 Å². The van der Waals surface area contributed by atoms with Crippen LogP contribution in [-0.4, -0.2) is 47.3 Å². The Morgan fingerprint density at radius 3 is 2.80 bits per heavy atom. The van der Waals surface area contributed by atoms with E-state index in [0.717, 1.165) is 24.6 Å². The van der Waals surface area contributed by atoms with E-state index in [1.54, 1.807) is 24.1 Å². The molecular weight excluding hydrogens is 408 g/mol. The molecule has 3 atom stereocenters. The molecule has 0 bridgehead atoms. The van der Waals surface area contributed by atoms with E-state index in [1.807, 2.05) is 12.1 Å². The van der Waals surface area contributed by atoms with E-state index < -0.39 is 0 Å². The predicted octanol–water partition coefficient (Wildman–Crippen LogP) is 1.46. The van der Waals surface area contributed by atoms with Crippen molar-refractivity contribution in [3.8, 4) is 0 Å². The first kappa shape index (κ1) is 17.6. The maximum Gasteiger partial charge on any atom is 0.280 e. The smallest absolute Gasteiger partial charge is 0.280 e. The van der Waals surface area contributed by atoms with E-state index in [-0.39, 0.29) is 12.1 Å². The number of hydrogen-bond acceptors (Lipinski definition) is 8. The van der Waals surface area contributed by atoms with Crippen LogP contribution in [-0.2, 0) is 13.6 Å². The normalized spacial score (nSPS) is 22.6. The maximum atomic E-state index is 12.7. The van der Waals surface area contributed by atoms with E-state index in [9.17, 15) is 4.79 Å². The fraction of sp³-hybridized carbons (Fsp3) is 0.368. The van der Waals surface area contributed by atoms with Crippen LogP contribution >= 0.6 is 11.6 Å². The molecule has 11 heteroatoms. The Morgan fingerprint density at radius 1 is 1.20 bits per heavy atom. The number of aromatic nitrogens is 7. The fourth-order valence-electron chi connectivity index (χ4n) is 4.51. The molecule has 1 saturated heterocycles. The summed E-state index contributed by atoms with van der Waals surface area (Å²) in [4.78, 5) is 31.9. The minimum Gasteiger partial charge on any atom is -0.371 e. The van der Waals surface area contributed by atoms with Gasteiger partial charge in [0.25, 0.3) is 5.56 Å². The summed E-state index contributed by atoms with van der Waals surface area (Å²) in [5.41, 5.74) is 1.78. The first-order chi connectivity index (χ1) is 14.6. The van der Waals surface area contributed by atoms with Gasteiger partial charge in [-0.05, 0) is 24.0 Å². The number of anilines is 1. The van der Waals surface area contributed by atoms with Gasteiger partial charge in [0.1, 0.15) is 18.0 Å². The standard InChI is InChI=1S/C19H17ClN8O2/c1-26-8-22-18-16(26)19(29)28(9-23-18)7-14-24-17(25-30-14)15-11-5-27(6-12(11)15)10-2-3-21-13(20)4-10/h2-4,8-9,11-12,15H,5-7H2,1H3/t11-,12+,15-. The van der Waals surface area contributed by atoms with Crippen LogP contribution in [0.25, 0.3) is 11.2 Å². The number of imidazole rings is 1. The highest BCUT2D eigenvalue weighted by Crippen LogP contribution is 2.57. The monoisotopic (exact) mass is 424 g/mol. The molecule has 0 radical (unpaired) electrons. The Kier molecular flexibility index (Phi) is 3.73. The third-order valence-electron chi connectivity index (χ3n) is 6.06. The zero-order valence-electron chi connectivity index (χ0n) is 16.0. The molecule has 0 unspecified atom stereocenters. The van der Waals surface area contributed by atoms with E-state index in [1.165, 1.54) is 10.9 Å². The van der Waals surface area contributed by atoms with Crippen molar-refractivity contribution in [2.24, 2.45) is 18.9 Å². The summed E-state index contributed by atoms with van der Waals surface area (Å²) in [6.45, 7) is 2.05. The van der Waals surface area contributed by atoms with Crippen LogP contribution in [0.15, 0.2) is 40.3 Å². The zero-order chi connectivity index (χ0) is 20.4. The summed E-state index contributed by atoms with van der Waals surface area (Å²) in [5.74, 6) is 2.41. The van der Waals surface area contributed by atoms with Gasteiger partial charge in [0.05, 0.1) is 6.33 Å². The Bertz CT molecular complexity index is 1320. The Labute approximate surface area is 175 Å². The Balaban J connectivity index is 1.17. The fourth-order valence-corrected chi connectivity index (χ4v) is 4.67. The topological polar surface area (TPSA) is 108 Å². The minimum atomic E-state index is -0.185. The van der Waals surface area contributed by atoms with Crippen molar-refractivity contribution in [1.82, 2.24) is 34.2 Å². The lowest BCUT2D eigenvalue weighted by Crippen LogP contribution is -2.24. The third-order valence-corrected chi connectivity index (χ3v) is 6.26. The van der Waals surface area contributed by atoms with Crippen LogP contribution in [0.3, 0.4) is 0 Å². The highest BCUT2D eigenvalue weighted by atomic mass is 35.5. The van der Waals surface area contributed by atoms with Gasteiger partial charge in [-0.2, -0.15) is 4.98 Å². The van der Waals surface area contributed by atoms with Gasteiger partial charge in [0, 0.05) is 37.9 Å². The van der Waals surface area contributed by atoms with E-state index in [2.05, 4.69) is 30.0 Å². The van der Waals surface area contributed by atoms with E-state index >= 15 is 0 Å². The van der Waals surface area contributed by atoms with Crippen molar-refractivity contribution >= 4 is 28.5 Å². The molecular formula is C19H17ClN8O2. The average Bonchev–Trinajstić information content (AvgIpc) is 3.16. The quantitative estimate of drug-likeness (QED) is 0.453. The Morgan fingerprint density at radius 2 is 2.00 bits per heavy atom. The molecule has 1 aliphatic heterocycles. The molecule has 1 aliphatic carbocycles. The second kappa shape index (κ2) is 6.36. The van der Waals surface area contributed by atoms with Gasteiger partial charge in [-0.15, -0.1) is 0 Å². The van der Waals surface area contributed by atoms with Crippen LogP contribution in [0.5, 0.6) is 0 Å². The number of piperidine rings is 1. The second-order valence-electron chi connectivity index (χ2n) is 7.85. The molecule has 0 aromatic carbocycles. The number of nitrogens with zero attached hydrogens (tertiary/aromatic N) is 8. The summed E-state index contributed by atoms with van der Waals surface area (Å²) < 4.78 is 8.55. The van der Waals surface area contributed by atoms with Crippen LogP contribution in [0.2, 0.25) is 5.15 Å². The Hall–Kier alpha value is -3.27. The number of rotatable bonds is 4. The van der Waals surface area contributed by atoms with Gasteiger partial charge in [-0.3, -0.25) is 9.36 Å². The first-order valence-electron chi connectivity index (χ1n) is 9.64. The molecule has 0 N–H and O–H groups in total. The minimum absolute atomic E-state index is 0.184. The van der Waals surface area contributed by atoms with Crippen molar-refractivity contribution < 1.29 is 4.52 Å². The van der Waals surface area contributed by atoms with Crippen molar-refractivity contribution in [2.75, 3.05) is 18.0 Å². The van der Waals surface area contributed by atoms with Gasteiger partial charge in [0.2, 0.25) is 5.89 Å². The van der Waals surface area contributed by atoms with Crippen LogP contribution in [0.4, 0.5) is 5.69 Å². The number of aryl methyl sites for hydroxylation is 1. The van der Waals surface area contributed by atoms with Crippen LogP contribution < -0.4 is 10.5 Å². The maximum absolute atomic E-state index is 12.7. The third kappa shape index (κ3) is 2.71. The van der Waals surface area contributed by atoms with Crippen LogP contribution in [0, 0.1) is 11.8 Å². The van der Waals surface area contributed by atoms with Gasteiger partial charge in [-0.1, -0.05) is 16.8 Å². The van der Waals surface area contributed by atoms with E-state index in [4.69, 9.17) is 16.1 Å². The molecule has 4 aromatic rings. The predicted molar refractivity (Wildman–Crippen MR) is 107 cm³/mol. The van der Waals surface area contributed by atoms with Gasteiger partial charge < -0.3 is 14.0 Å². The lowest BCUT2D eigenvalue weighted by atomic mass is 10.2. The molecule has 30 heavy (non-hydrogen) atoms. The molecule has 6 rings (SSSR count). The number of halogens is 1. The largest absolute Gasteiger partial charge is 0.371 e. The molecule has 2 aliphatic rings. The highest BCUT2D eigenvalue weighted by Gasteiger charge is 2.58. The molecule has 4 aromatic heterocycles. The lowest BCUT2D eigenvalue weighted by molar-refractivity contribution is 0.363. The average molecular weight is 425 g/mol. The summed E-state index contributed by atoms with van der Waals surface area (Å²) in [6.07, 6.45) is 4.76. The molecule has 1 saturated carbocycles. The molecule has 2 fully saturated rings. The lowest BCUT2D eigenvalue weighted by Gasteiger charge is -2.21. The number of hydrogen-bond donors (Lipinski definition) is 0. The number of pyridine rings is 1. The number of fused-ring (bicyclic) bond motifs is 2. The summed E-state index contributed by atoms with van der Waals surface area (Å²) >= 11 is 6.01. The molecule has 10 nitrogen and oxygen atoms in total.